The number of amides is 1. The maximum absolute atomic E-state index is 11.9. The van der Waals surface area contributed by atoms with Gasteiger partial charge in [0.1, 0.15) is 6.54 Å². The molecule has 0 saturated heterocycles. The summed E-state index contributed by atoms with van der Waals surface area (Å²) >= 11 is 0. The first-order chi connectivity index (χ1) is 11.4. The number of rotatable bonds is 6. The second kappa shape index (κ2) is 7.40. The molecule has 0 fully saturated rings. The first-order valence-corrected chi connectivity index (χ1v) is 7.24. The monoisotopic (exact) mass is 331 g/mol. The predicted molar refractivity (Wildman–Crippen MR) is 86.1 cm³/mol. The van der Waals surface area contributed by atoms with Crippen LogP contribution in [0.4, 0.5) is 0 Å². The summed E-state index contributed by atoms with van der Waals surface area (Å²) in [6, 6.07) is 7.60. The Labute approximate surface area is 137 Å². The van der Waals surface area contributed by atoms with Gasteiger partial charge in [-0.15, -0.1) is 0 Å². The first kappa shape index (κ1) is 17.2. The molecule has 1 aromatic carbocycles. The van der Waals surface area contributed by atoms with Crippen molar-refractivity contribution in [3.05, 3.63) is 68.5 Å². The third-order valence-electron chi connectivity index (χ3n) is 3.51. The number of aromatic carboxylic acids is 1. The van der Waals surface area contributed by atoms with Gasteiger partial charge in [-0.05, 0) is 24.1 Å². The van der Waals surface area contributed by atoms with Gasteiger partial charge in [0.15, 0.2) is 0 Å². The lowest BCUT2D eigenvalue weighted by Crippen LogP contribution is -2.40. The molecular formula is C16H17N3O5. The van der Waals surface area contributed by atoms with Crippen molar-refractivity contribution in [3.63, 3.8) is 0 Å². The number of carboxylic acid groups (broad SMARTS) is 1. The van der Waals surface area contributed by atoms with Crippen molar-refractivity contribution in [2.75, 3.05) is 6.54 Å². The molecule has 0 bridgehead atoms. The van der Waals surface area contributed by atoms with E-state index in [0.29, 0.717) is 13.0 Å². The Morgan fingerprint density at radius 3 is 2.42 bits per heavy atom. The zero-order valence-electron chi connectivity index (χ0n) is 13.1. The van der Waals surface area contributed by atoms with E-state index in [1.165, 1.54) is 31.4 Å². The highest BCUT2D eigenvalue weighted by molar-refractivity contribution is 5.87. The van der Waals surface area contributed by atoms with Gasteiger partial charge in [-0.3, -0.25) is 18.7 Å². The fraction of sp³-hybridized carbons (Fsp3) is 0.250. The molecule has 0 radical (unpaired) electrons. The molecular weight excluding hydrogens is 314 g/mol. The van der Waals surface area contributed by atoms with Gasteiger partial charge in [-0.25, -0.2) is 9.59 Å². The topological polar surface area (TPSA) is 110 Å². The van der Waals surface area contributed by atoms with Gasteiger partial charge in [0, 0.05) is 25.9 Å². The highest BCUT2D eigenvalue weighted by Gasteiger charge is 2.07. The van der Waals surface area contributed by atoms with Gasteiger partial charge in [0.2, 0.25) is 5.91 Å². The summed E-state index contributed by atoms with van der Waals surface area (Å²) in [6.45, 7) is 0.177. The number of hydrogen-bond acceptors (Lipinski definition) is 4. The van der Waals surface area contributed by atoms with Gasteiger partial charge < -0.3 is 10.4 Å². The average Bonchev–Trinajstić information content (AvgIpc) is 2.56. The molecule has 1 heterocycles. The third-order valence-corrected chi connectivity index (χ3v) is 3.51. The lowest BCUT2D eigenvalue weighted by molar-refractivity contribution is -0.121. The van der Waals surface area contributed by atoms with E-state index in [1.54, 1.807) is 12.1 Å². The largest absolute Gasteiger partial charge is 0.478 e. The third kappa shape index (κ3) is 4.19. The van der Waals surface area contributed by atoms with E-state index in [9.17, 15) is 19.2 Å². The van der Waals surface area contributed by atoms with Crippen LogP contribution in [0.5, 0.6) is 0 Å². The van der Waals surface area contributed by atoms with Crippen LogP contribution < -0.4 is 16.6 Å². The predicted octanol–water partition coefficient (Wildman–Crippen LogP) is -0.396. The quantitative estimate of drug-likeness (QED) is 0.748. The highest BCUT2D eigenvalue weighted by atomic mass is 16.4. The standard InChI is InChI=1S/C16H17N3O5/c1-18-14(21)7-9-19(16(18)24)10-13(20)17-8-6-11-2-4-12(5-3-11)15(22)23/h2-5,7,9H,6,8,10H2,1H3,(H,17,20)(H,22,23). The number of aromatic nitrogens is 2. The second-order valence-electron chi connectivity index (χ2n) is 5.23. The van der Waals surface area contributed by atoms with Gasteiger partial charge in [-0.2, -0.15) is 0 Å². The molecule has 1 amide bonds. The van der Waals surface area contributed by atoms with Crippen LogP contribution in [-0.2, 0) is 24.8 Å². The number of benzene rings is 1. The summed E-state index contributed by atoms with van der Waals surface area (Å²) in [5.74, 6) is -1.34. The summed E-state index contributed by atoms with van der Waals surface area (Å²) in [6.07, 6.45) is 1.82. The van der Waals surface area contributed by atoms with E-state index in [-0.39, 0.29) is 18.0 Å². The van der Waals surface area contributed by atoms with Crippen LogP contribution in [0.1, 0.15) is 15.9 Å². The number of carboxylic acids is 1. The molecule has 2 N–H and O–H groups in total. The van der Waals surface area contributed by atoms with E-state index < -0.39 is 17.2 Å². The van der Waals surface area contributed by atoms with E-state index in [0.717, 1.165) is 14.7 Å². The Morgan fingerprint density at radius 2 is 1.79 bits per heavy atom. The van der Waals surface area contributed by atoms with Crippen LogP contribution in [0.15, 0.2) is 46.1 Å². The first-order valence-electron chi connectivity index (χ1n) is 7.24. The van der Waals surface area contributed by atoms with Crippen molar-refractivity contribution >= 4 is 11.9 Å². The lowest BCUT2D eigenvalue weighted by Gasteiger charge is -2.08. The summed E-state index contributed by atoms with van der Waals surface area (Å²) in [7, 11) is 1.35. The van der Waals surface area contributed by atoms with Crippen molar-refractivity contribution in [1.29, 1.82) is 0 Å². The Morgan fingerprint density at radius 1 is 1.12 bits per heavy atom. The SMILES string of the molecule is Cn1c(=O)ccn(CC(=O)NCCc2ccc(C(=O)O)cc2)c1=O. The fourth-order valence-corrected chi connectivity index (χ4v) is 2.11. The van der Waals surface area contributed by atoms with Crippen LogP contribution in [0.25, 0.3) is 0 Å². The normalized spacial score (nSPS) is 10.4. The van der Waals surface area contributed by atoms with E-state index in [4.69, 9.17) is 5.11 Å². The average molecular weight is 331 g/mol. The fourth-order valence-electron chi connectivity index (χ4n) is 2.11. The maximum Gasteiger partial charge on any atom is 0.335 e. The molecule has 2 rings (SSSR count). The molecule has 0 aliphatic heterocycles. The molecule has 0 unspecified atom stereocenters. The van der Waals surface area contributed by atoms with Crippen LogP contribution >= 0.6 is 0 Å². The van der Waals surface area contributed by atoms with Crippen molar-refractivity contribution in [2.45, 2.75) is 13.0 Å². The number of nitrogens with zero attached hydrogens (tertiary/aromatic N) is 2. The molecule has 126 valence electrons. The Bertz CT molecular complexity index is 865. The molecule has 8 nitrogen and oxygen atoms in total. The molecule has 24 heavy (non-hydrogen) atoms. The number of carbonyl (C=O) groups is 2. The van der Waals surface area contributed by atoms with Crippen LogP contribution in [0.2, 0.25) is 0 Å². The summed E-state index contributed by atoms with van der Waals surface area (Å²) < 4.78 is 2.08. The maximum atomic E-state index is 11.9. The summed E-state index contributed by atoms with van der Waals surface area (Å²) in [5, 5.41) is 11.5. The molecule has 0 atom stereocenters. The molecule has 0 saturated carbocycles. The van der Waals surface area contributed by atoms with Gasteiger partial charge in [0.25, 0.3) is 5.56 Å². The van der Waals surface area contributed by atoms with Crippen LogP contribution in [-0.4, -0.2) is 32.7 Å². The van der Waals surface area contributed by atoms with Crippen molar-refractivity contribution in [2.24, 2.45) is 7.05 Å². The van der Waals surface area contributed by atoms with Gasteiger partial charge >= 0.3 is 11.7 Å². The molecule has 8 heteroatoms. The smallest absolute Gasteiger partial charge is 0.335 e. The van der Waals surface area contributed by atoms with Crippen molar-refractivity contribution in [1.82, 2.24) is 14.5 Å². The van der Waals surface area contributed by atoms with Crippen LogP contribution in [0, 0.1) is 0 Å². The molecule has 0 aliphatic carbocycles. The Kier molecular flexibility index (Phi) is 5.31. The van der Waals surface area contributed by atoms with E-state index in [2.05, 4.69) is 5.32 Å². The minimum atomic E-state index is -0.988. The van der Waals surface area contributed by atoms with Gasteiger partial charge in [0.05, 0.1) is 5.56 Å². The zero-order chi connectivity index (χ0) is 17.7. The number of nitrogens with one attached hydrogen (secondary N) is 1. The van der Waals surface area contributed by atoms with Crippen LogP contribution in [0.3, 0.4) is 0 Å². The van der Waals surface area contributed by atoms with E-state index >= 15 is 0 Å². The second-order valence-corrected chi connectivity index (χ2v) is 5.23. The molecule has 0 aliphatic rings. The van der Waals surface area contributed by atoms with Crippen molar-refractivity contribution in [3.8, 4) is 0 Å². The Balaban J connectivity index is 1.88. The summed E-state index contributed by atoms with van der Waals surface area (Å²) in [4.78, 5) is 45.7. The number of hydrogen-bond donors (Lipinski definition) is 2. The highest BCUT2D eigenvalue weighted by Crippen LogP contribution is 2.04. The summed E-state index contributed by atoms with van der Waals surface area (Å²) in [5.41, 5.74) is 0.111. The lowest BCUT2D eigenvalue weighted by atomic mass is 10.1. The zero-order valence-corrected chi connectivity index (χ0v) is 13.1. The molecule has 1 aromatic heterocycles. The minimum absolute atomic E-state index is 0.176. The minimum Gasteiger partial charge on any atom is -0.478 e. The van der Waals surface area contributed by atoms with Gasteiger partial charge in [-0.1, -0.05) is 12.1 Å². The van der Waals surface area contributed by atoms with E-state index in [1.807, 2.05) is 0 Å². The van der Waals surface area contributed by atoms with Crippen molar-refractivity contribution < 1.29 is 14.7 Å². The molecule has 2 aromatic rings. The Hall–Kier alpha value is -3.16. The number of carbonyl (C=O) groups excluding carboxylic acids is 1. The molecule has 0 spiro atoms.